The van der Waals surface area contributed by atoms with Gasteiger partial charge in [0.1, 0.15) is 6.61 Å². The van der Waals surface area contributed by atoms with Gasteiger partial charge in [-0.3, -0.25) is 4.68 Å². The maximum Gasteiger partial charge on any atom is 0.157 e. The zero-order valence-corrected chi connectivity index (χ0v) is 9.98. The van der Waals surface area contributed by atoms with Crippen molar-refractivity contribution in [3.05, 3.63) is 12.4 Å². The molecular weight excluding hydrogens is 202 g/mol. The largest absolute Gasteiger partial charge is 0.489 e. The average Bonchev–Trinajstić information content (AvgIpc) is 2.99. The fourth-order valence-corrected chi connectivity index (χ4v) is 1.64. The first kappa shape index (κ1) is 11.5. The molecule has 0 bridgehead atoms. The van der Waals surface area contributed by atoms with E-state index < -0.39 is 0 Å². The molecular formula is C12H21N3O. The summed E-state index contributed by atoms with van der Waals surface area (Å²) >= 11 is 0. The second-order valence-electron chi connectivity index (χ2n) is 4.44. The number of nitrogens with zero attached hydrogens (tertiary/aromatic N) is 2. The summed E-state index contributed by atoms with van der Waals surface area (Å²) < 4.78 is 7.51. The van der Waals surface area contributed by atoms with Gasteiger partial charge in [-0.2, -0.15) is 5.10 Å². The summed E-state index contributed by atoms with van der Waals surface area (Å²) in [6.45, 7) is 5.91. The minimum atomic E-state index is 0.727. The number of hydrogen-bond donors (Lipinski definition) is 1. The Morgan fingerprint density at radius 1 is 1.56 bits per heavy atom. The molecule has 90 valence electrons. The van der Waals surface area contributed by atoms with E-state index in [1.54, 1.807) is 6.20 Å². The van der Waals surface area contributed by atoms with Gasteiger partial charge in [-0.25, -0.2) is 0 Å². The Bertz CT molecular complexity index is 307. The third-order valence-corrected chi connectivity index (χ3v) is 2.74. The summed E-state index contributed by atoms with van der Waals surface area (Å²) in [5, 5.41) is 7.61. The molecule has 0 aromatic carbocycles. The number of hydrogen-bond acceptors (Lipinski definition) is 3. The topological polar surface area (TPSA) is 39.1 Å². The normalized spacial score (nSPS) is 15.3. The van der Waals surface area contributed by atoms with E-state index in [1.807, 2.05) is 10.9 Å². The van der Waals surface area contributed by atoms with Crippen LogP contribution < -0.4 is 10.1 Å². The lowest BCUT2D eigenvalue weighted by molar-refractivity contribution is 0.312. The van der Waals surface area contributed by atoms with E-state index in [2.05, 4.69) is 17.3 Å². The van der Waals surface area contributed by atoms with Crippen LogP contribution in [0.4, 0.5) is 0 Å². The van der Waals surface area contributed by atoms with E-state index in [4.69, 9.17) is 4.74 Å². The van der Waals surface area contributed by atoms with Crippen LogP contribution in [0.25, 0.3) is 0 Å². The van der Waals surface area contributed by atoms with E-state index in [0.29, 0.717) is 0 Å². The van der Waals surface area contributed by atoms with Crippen molar-refractivity contribution in [2.75, 3.05) is 19.7 Å². The maximum atomic E-state index is 5.59. The average molecular weight is 223 g/mol. The zero-order valence-electron chi connectivity index (χ0n) is 9.98. The van der Waals surface area contributed by atoms with Crippen LogP contribution in [0.1, 0.15) is 26.2 Å². The Morgan fingerprint density at radius 2 is 2.44 bits per heavy atom. The highest BCUT2D eigenvalue weighted by atomic mass is 16.5. The molecule has 4 heteroatoms. The van der Waals surface area contributed by atoms with E-state index in [9.17, 15) is 0 Å². The summed E-state index contributed by atoms with van der Waals surface area (Å²) in [7, 11) is 0. The van der Waals surface area contributed by atoms with Gasteiger partial charge < -0.3 is 10.1 Å². The second kappa shape index (κ2) is 5.89. The second-order valence-corrected chi connectivity index (χ2v) is 4.44. The Hall–Kier alpha value is -1.03. The molecule has 0 radical (unpaired) electrons. The SMILES string of the molecule is CCCn1cc(OCCNCC2CC2)cn1. The predicted octanol–water partition coefficient (Wildman–Crippen LogP) is 1.67. The van der Waals surface area contributed by atoms with Gasteiger partial charge in [0.05, 0.1) is 12.4 Å². The summed E-state index contributed by atoms with van der Waals surface area (Å²) in [5.41, 5.74) is 0. The lowest BCUT2D eigenvalue weighted by Crippen LogP contribution is -2.23. The molecule has 1 saturated carbocycles. The Balaban J connectivity index is 1.56. The fraction of sp³-hybridized carbons (Fsp3) is 0.750. The van der Waals surface area contributed by atoms with Crippen LogP contribution in [-0.4, -0.2) is 29.5 Å². The van der Waals surface area contributed by atoms with Crippen molar-refractivity contribution >= 4 is 0 Å². The number of aryl methyl sites for hydroxylation is 1. The van der Waals surface area contributed by atoms with Crippen molar-refractivity contribution in [2.24, 2.45) is 5.92 Å². The molecule has 1 aromatic rings. The van der Waals surface area contributed by atoms with Crippen LogP contribution in [0.3, 0.4) is 0 Å². The van der Waals surface area contributed by atoms with Gasteiger partial charge in [-0.05, 0) is 31.7 Å². The minimum Gasteiger partial charge on any atom is -0.489 e. The minimum absolute atomic E-state index is 0.727. The highest BCUT2D eigenvalue weighted by molar-refractivity contribution is 5.11. The molecule has 0 saturated heterocycles. The lowest BCUT2D eigenvalue weighted by Gasteiger charge is -2.04. The van der Waals surface area contributed by atoms with Crippen LogP contribution >= 0.6 is 0 Å². The molecule has 1 heterocycles. The Kier molecular flexibility index (Phi) is 4.22. The molecule has 1 N–H and O–H groups in total. The first-order chi connectivity index (χ1) is 7.88. The predicted molar refractivity (Wildman–Crippen MR) is 63.6 cm³/mol. The highest BCUT2D eigenvalue weighted by Crippen LogP contribution is 2.27. The molecule has 0 spiro atoms. The molecule has 4 nitrogen and oxygen atoms in total. The molecule has 2 rings (SSSR count). The highest BCUT2D eigenvalue weighted by Gasteiger charge is 2.19. The molecule has 1 fully saturated rings. The van der Waals surface area contributed by atoms with Gasteiger partial charge in [-0.1, -0.05) is 6.92 Å². The first-order valence-corrected chi connectivity index (χ1v) is 6.24. The van der Waals surface area contributed by atoms with Crippen molar-refractivity contribution in [3.8, 4) is 5.75 Å². The van der Waals surface area contributed by atoms with Crippen molar-refractivity contribution in [3.63, 3.8) is 0 Å². The molecule has 0 atom stereocenters. The third-order valence-electron chi connectivity index (χ3n) is 2.74. The molecule has 1 aliphatic carbocycles. The third kappa shape index (κ3) is 3.85. The molecule has 0 amide bonds. The maximum absolute atomic E-state index is 5.59. The zero-order chi connectivity index (χ0) is 11.2. The van der Waals surface area contributed by atoms with Gasteiger partial charge in [0.25, 0.3) is 0 Å². The molecule has 1 aliphatic rings. The van der Waals surface area contributed by atoms with E-state index >= 15 is 0 Å². The first-order valence-electron chi connectivity index (χ1n) is 6.24. The molecule has 1 aromatic heterocycles. The van der Waals surface area contributed by atoms with Crippen molar-refractivity contribution in [1.29, 1.82) is 0 Å². The summed E-state index contributed by atoms with van der Waals surface area (Å²) in [4.78, 5) is 0. The number of nitrogens with one attached hydrogen (secondary N) is 1. The van der Waals surface area contributed by atoms with E-state index in [1.165, 1.54) is 12.8 Å². The van der Waals surface area contributed by atoms with Crippen LogP contribution in [0.15, 0.2) is 12.4 Å². The van der Waals surface area contributed by atoms with Crippen LogP contribution in [0.2, 0.25) is 0 Å². The van der Waals surface area contributed by atoms with Gasteiger partial charge in [0.2, 0.25) is 0 Å². The van der Waals surface area contributed by atoms with Crippen molar-refractivity contribution in [1.82, 2.24) is 15.1 Å². The van der Waals surface area contributed by atoms with Crippen LogP contribution in [-0.2, 0) is 6.54 Å². The fourth-order valence-electron chi connectivity index (χ4n) is 1.64. The van der Waals surface area contributed by atoms with Gasteiger partial charge in [0, 0.05) is 13.1 Å². The number of rotatable bonds is 8. The van der Waals surface area contributed by atoms with Crippen molar-refractivity contribution in [2.45, 2.75) is 32.7 Å². The van der Waals surface area contributed by atoms with Crippen LogP contribution in [0.5, 0.6) is 5.75 Å². The summed E-state index contributed by atoms with van der Waals surface area (Å²) in [6, 6.07) is 0. The monoisotopic (exact) mass is 223 g/mol. The molecule has 0 aliphatic heterocycles. The van der Waals surface area contributed by atoms with Crippen LogP contribution in [0, 0.1) is 5.92 Å². The van der Waals surface area contributed by atoms with Gasteiger partial charge >= 0.3 is 0 Å². The lowest BCUT2D eigenvalue weighted by atomic mass is 10.4. The van der Waals surface area contributed by atoms with E-state index in [-0.39, 0.29) is 0 Å². The standard InChI is InChI=1S/C12H21N3O/c1-2-6-15-10-12(9-14-15)16-7-5-13-8-11-3-4-11/h9-11,13H,2-8H2,1H3. The summed E-state index contributed by atoms with van der Waals surface area (Å²) in [5.74, 6) is 1.81. The van der Waals surface area contributed by atoms with Gasteiger partial charge in [-0.15, -0.1) is 0 Å². The Labute approximate surface area is 97.0 Å². The smallest absolute Gasteiger partial charge is 0.157 e. The number of ether oxygens (including phenoxy) is 1. The summed E-state index contributed by atoms with van der Waals surface area (Å²) in [6.07, 6.45) is 7.65. The van der Waals surface area contributed by atoms with Gasteiger partial charge in [0.15, 0.2) is 5.75 Å². The quantitative estimate of drug-likeness (QED) is 0.681. The molecule has 16 heavy (non-hydrogen) atoms. The molecule has 0 unspecified atom stereocenters. The van der Waals surface area contributed by atoms with E-state index in [0.717, 1.165) is 44.3 Å². The Morgan fingerprint density at radius 3 is 3.19 bits per heavy atom. The van der Waals surface area contributed by atoms with Crippen molar-refractivity contribution < 1.29 is 4.74 Å². The number of aromatic nitrogens is 2.